The Bertz CT molecular complexity index is 1360. The van der Waals surface area contributed by atoms with E-state index in [-0.39, 0.29) is 0 Å². The zero-order valence-electron chi connectivity index (χ0n) is 17.0. The van der Waals surface area contributed by atoms with E-state index < -0.39 is 5.54 Å². The molecule has 154 valence electrons. The Morgan fingerprint density at radius 2 is 1.77 bits per heavy atom. The molecule has 0 aliphatic carbocycles. The van der Waals surface area contributed by atoms with Gasteiger partial charge >= 0.3 is 0 Å². The smallest absolute Gasteiger partial charge is 0.142 e. The van der Waals surface area contributed by atoms with Gasteiger partial charge in [0, 0.05) is 19.3 Å². The average molecular weight is 409 g/mol. The summed E-state index contributed by atoms with van der Waals surface area (Å²) in [5.74, 6) is 1.83. The van der Waals surface area contributed by atoms with Crippen LogP contribution in [0.2, 0.25) is 0 Å². The van der Waals surface area contributed by atoms with E-state index in [2.05, 4.69) is 67.3 Å². The molecule has 0 unspecified atom stereocenters. The second-order valence-corrected chi connectivity index (χ2v) is 8.26. The number of aromatic amines is 2. The highest BCUT2D eigenvalue weighted by molar-refractivity contribution is 5.87. The fourth-order valence-electron chi connectivity index (χ4n) is 4.52. The number of benzene rings is 2. The molecule has 5 aromatic rings. The number of imidazole rings is 1. The third-order valence-electron chi connectivity index (χ3n) is 6.35. The molecule has 1 saturated heterocycles. The Hall–Kier alpha value is -3.71. The zero-order chi connectivity index (χ0) is 20.8. The Morgan fingerprint density at radius 1 is 0.935 bits per heavy atom. The van der Waals surface area contributed by atoms with Crippen LogP contribution in [0.5, 0.6) is 0 Å². The Balaban J connectivity index is 1.27. The molecule has 0 amide bonds. The van der Waals surface area contributed by atoms with Crippen LogP contribution in [0.1, 0.15) is 18.7 Å². The van der Waals surface area contributed by atoms with Gasteiger partial charge in [0.1, 0.15) is 23.6 Å². The molecule has 0 radical (unpaired) electrons. The molecule has 7 heteroatoms. The number of H-pyrrole nitrogens is 2. The Morgan fingerprint density at radius 3 is 2.61 bits per heavy atom. The van der Waals surface area contributed by atoms with Crippen LogP contribution in [-0.2, 0) is 5.54 Å². The fourth-order valence-corrected chi connectivity index (χ4v) is 4.52. The van der Waals surface area contributed by atoms with Crippen molar-refractivity contribution in [2.75, 3.05) is 18.0 Å². The van der Waals surface area contributed by atoms with Gasteiger partial charge in [0.25, 0.3) is 0 Å². The number of piperidine rings is 1. The monoisotopic (exact) mass is 409 g/mol. The quantitative estimate of drug-likeness (QED) is 0.419. The summed E-state index contributed by atoms with van der Waals surface area (Å²) in [6.07, 6.45) is 5.11. The van der Waals surface area contributed by atoms with Crippen LogP contribution in [0, 0.1) is 0 Å². The van der Waals surface area contributed by atoms with Gasteiger partial charge in [-0.2, -0.15) is 0 Å². The number of hydrogen-bond donors (Lipinski definition) is 3. The van der Waals surface area contributed by atoms with Crippen LogP contribution in [0.3, 0.4) is 0 Å². The summed E-state index contributed by atoms with van der Waals surface area (Å²) in [5, 5.41) is 1.05. The lowest BCUT2D eigenvalue weighted by Crippen LogP contribution is -2.49. The van der Waals surface area contributed by atoms with Crippen molar-refractivity contribution in [3.63, 3.8) is 0 Å². The average Bonchev–Trinajstić information content (AvgIpc) is 3.47. The molecule has 1 fully saturated rings. The van der Waals surface area contributed by atoms with Crippen LogP contribution in [0.15, 0.2) is 67.1 Å². The molecular weight excluding hydrogens is 386 g/mol. The van der Waals surface area contributed by atoms with E-state index in [4.69, 9.17) is 10.7 Å². The van der Waals surface area contributed by atoms with Gasteiger partial charge in [-0.15, -0.1) is 0 Å². The summed E-state index contributed by atoms with van der Waals surface area (Å²) >= 11 is 0. The lowest BCUT2D eigenvalue weighted by molar-refractivity contribution is 0.327. The lowest BCUT2D eigenvalue weighted by Gasteiger charge is -2.38. The number of rotatable bonds is 3. The summed E-state index contributed by atoms with van der Waals surface area (Å²) in [7, 11) is 0. The summed E-state index contributed by atoms with van der Waals surface area (Å²) in [6.45, 7) is 1.64. The number of nitrogens with one attached hydrogen (secondary N) is 2. The third-order valence-corrected chi connectivity index (χ3v) is 6.35. The first-order valence-electron chi connectivity index (χ1n) is 10.6. The summed E-state index contributed by atoms with van der Waals surface area (Å²) < 4.78 is 0. The largest absolute Gasteiger partial charge is 0.356 e. The van der Waals surface area contributed by atoms with Gasteiger partial charge in [0.05, 0.1) is 22.0 Å². The number of fused-ring (bicyclic) bond motifs is 2. The van der Waals surface area contributed by atoms with E-state index in [1.165, 1.54) is 11.1 Å². The van der Waals surface area contributed by atoms with Gasteiger partial charge in [0.15, 0.2) is 0 Å². The molecule has 0 atom stereocenters. The molecule has 4 heterocycles. The molecule has 31 heavy (non-hydrogen) atoms. The second kappa shape index (κ2) is 6.92. The number of aromatic nitrogens is 5. The number of nitrogens with zero attached hydrogens (tertiary/aromatic N) is 4. The molecule has 2 aromatic carbocycles. The van der Waals surface area contributed by atoms with Crippen molar-refractivity contribution < 1.29 is 0 Å². The normalized spacial score (nSPS) is 16.2. The maximum absolute atomic E-state index is 6.87. The van der Waals surface area contributed by atoms with E-state index in [1.54, 1.807) is 6.33 Å². The first-order chi connectivity index (χ1) is 15.2. The molecule has 0 saturated carbocycles. The summed E-state index contributed by atoms with van der Waals surface area (Å²) in [4.78, 5) is 22.6. The topological polar surface area (TPSA) is 99.5 Å². The Kier molecular flexibility index (Phi) is 4.04. The molecule has 1 aliphatic heterocycles. The molecule has 6 rings (SSSR count). The van der Waals surface area contributed by atoms with Crippen molar-refractivity contribution in [3.8, 4) is 11.1 Å². The van der Waals surface area contributed by atoms with Crippen LogP contribution in [0.4, 0.5) is 5.82 Å². The van der Waals surface area contributed by atoms with Gasteiger partial charge in [-0.05, 0) is 42.2 Å². The summed E-state index contributed by atoms with van der Waals surface area (Å²) in [5.41, 5.74) is 11.6. The minimum Gasteiger partial charge on any atom is -0.356 e. The second-order valence-electron chi connectivity index (χ2n) is 8.26. The van der Waals surface area contributed by atoms with E-state index in [0.717, 1.165) is 59.6 Å². The third kappa shape index (κ3) is 3.05. The van der Waals surface area contributed by atoms with Crippen molar-refractivity contribution >= 4 is 27.9 Å². The molecule has 3 aromatic heterocycles. The van der Waals surface area contributed by atoms with Gasteiger partial charge in [-0.1, -0.05) is 36.4 Å². The molecule has 0 spiro atoms. The Labute approximate surface area is 179 Å². The van der Waals surface area contributed by atoms with Gasteiger partial charge in [-0.3, -0.25) is 0 Å². The minimum atomic E-state index is -0.479. The molecule has 4 N–H and O–H groups in total. The molecule has 1 aliphatic rings. The van der Waals surface area contributed by atoms with Crippen molar-refractivity contribution in [2.45, 2.75) is 18.4 Å². The maximum Gasteiger partial charge on any atom is 0.142 e. The fraction of sp³-hybridized carbons (Fsp3) is 0.208. The molecular formula is C24H23N7. The number of anilines is 1. The van der Waals surface area contributed by atoms with E-state index in [9.17, 15) is 0 Å². The highest BCUT2D eigenvalue weighted by atomic mass is 15.2. The minimum absolute atomic E-state index is 0.479. The van der Waals surface area contributed by atoms with Crippen LogP contribution >= 0.6 is 0 Å². The van der Waals surface area contributed by atoms with Crippen molar-refractivity contribution in [3.05, 3.63) is 72.9 Å². The van der Waals surface area contributed by atoms with Gasteiger partial charge in [0.2, 0.25) is 0 Å². The maximum atomic E-state index is 6.87. The SMILES string of the molecule is NC1(c2nc3ccc(-c4ccccc4)cc3[nH]2)CCN(c2ncnc3[nH]ccc23)CC1. The molecule has 0 bridgehead atoms. The van der Waals surface area contributed by atoms with E-state index in [1.807, 2.05) is 18.3 Å². The van der Waals surface area contributed by atoms with Crippen molar-refractivity contribution in [1.29, 1.82) is 0 Å². The first kappa shape index (κ1) is 18.1. The first-order valence-corrected chi connectivity index (χ1v) is 10.6. The predicted octanol–water partition coefficient (Wildman–Crippen LogP) is 3.96. The standard InChI is InChI=1S/C24H23N7/c25-24(9-12-31(13-10-24)22-18-8-11-26-21(18)27-15-28-22)23-29-19-7-6-17(14-20(19)30-23)16-4-2-1-3-5-16/h1-8,11,14-15H,9-10,12-13,25H2,(H,29,30)(H,26,27,28). The van der Waals surface area contributed by atoms with E-state index in [0.29, 0.717) is 0 Å². The predicted molar refractivity (Wildman–Crippen MR) is 123 cm³/mol. The van der Waals surface area contributed by atoms with Crippen molar-refractivity contribution in [1.82, 2.24) is 24.9 Å². The van der Waals surface area contributed by atoms with Crippen LogP contribution in [-0.4, -0.2) is 38.0 Å². The zero-order valence-corrected chi connectivity index (χ0v) is 17.0. The number of nitrogens with two attached hydrogens (primary N) is 1. The summed E-state index contributed by atoms with van der Waals surface area (Å²) in [6, 6.07) is 18.7. The van der Waals surface area contributed by atoms with Gasteiger partial charge in [-0.25, -0.2) is 15.0 Å². The van der Waals surface area contributed by atoms with Crippen LogP contribution in [0.25, 0.3) is 33.2 Å². The molecule has 7 nitrogen and oxygen atoms in total. The van der Waals surface area contributed by atoms with Crippen LogP contribution < -0.4 is 10.6 Å². The lowest BCUT2D eigenvalue weighted by atomic mass is 9.88. The van der Waals surface area contributed by atoms with Crippen molar-refractivity contribution in [2.24, 2.45) is 5.73 Å². The van der Waals surface area contributed by atoms with Gasteiger partial charge < -0.3 is 20.6 Å². The van der Waals surface area contributed by atoms with E-state index >= 15 is 0 Å². The number of hydrogen-bond acceptors (Lipinski definition) is 5. The highest BCUT2D eigenvalue weighted by Gasteiger charge is 2.36. The highest BCUT2D eigenvalue weighted by Crippen LogP contribution is 2.34.